The van der Waals surface area contributed by atoms with Gasteiger partial charge in [0.2, 0.25) is 5.91 Å². The third-order valence-electron chi connectivity index (χ3n) is 5.91. The summed E-state index contributed by atoms with van der Waals surface area (Å²) in [6.07, 6.45) is 2.90. The monoisotopic (exact) mass is 447 g/mol. The van der Waals surface area contributed by atoms with Gasteiger partial charge in [0, 0.05) is 53.3 Å². The smallest absolute Gasteiger partial charge is 0.339 e. The van der Waals surface area contributed by atoms with E-state index < -0.39 is 11.9 Å². The number of fused-ring (bicyclic) bond motifs is 1. The number of aromatic nitrogens is 3. The Bertz CT molecular complexity index is 1040. The van der Waals surface area contributed by atoms with Crippen LogP contribution in [0.15, 0.2) is 6.20 Å². The zero-order chi connectivity index (χ0) is 23.6. The van der Waals surface area contributed by atoms with E-state index in [2.05, 4.69) is 15.0 Å². The van der Waals surface area contributed by atoms with Crippen molar-refractivity contribution in [2.75, 3.05) is 37.7 Å². The Kier molecular flexibility index (Phi) is 6.68. The minimum Gasteiger partial charge on any atom is -0.481 e. The summed E-state index contributed by atoms with van der Waals surface area (Å²) in [5, 5.41) is 22.4. The molecule has 2 aliphatic heterocycles. The summed E-state index contributed by atoms with van der Waals surface area (Å²) in [6, 6.07) is 0. The van der Waals surface area contributed by atoms with Crippen molar-refractivity contribution >= 4 is 34.6 Å². The largest absolute Gasteiger partial charge is 0.481 e. The second kappa shape index (κ2) is 9.11. The number of ether oxygens (including phenoxy) is 1. The molecule has 0 bridgehead atoms. The molecule has 0 atom stereocenters. The number of aliphatic carboxylic acids is 1. The number of amides is 1. The van der Waals surface area contributed by atoms with Crippen LogP contribution < -0.4 is 4.90 Å². The van der Waals surface area contributed by atoms with Crippen molar-refractivity contribution in [3.8, 4) is 0 Å². The predicted molar refractivity (Wildman–Crippen MR) is 116 cm³/mol. The Morgan fingerprint density at radius 3 is 2.31 bits per heavy atom. The van der Waals surface area contributed by atoms with Crippen molar-refractivity contribution in [1.29, 1.82) is 0 Å². The summed E-state index contributed by atoms with van der Waals surface area (Å²) in [5.74, 6) is -1.75. The molecule has 11 nitrogen and oxygen atoms in total. The van der Waals surface area contributed by atoms with E-state index in [-0.39, 0.29) is 17.1 Å². The van der Waals surface area contributed by atoms with Crippen molar-refractivity contribution in [2.45, 2.75) is 39.2 Å². The van der Waals surface area contributed by atoms with Crippen LogP contribution >= 0.6 is 0 Å². The number of carbonyl (C=O) groups is 3. The minimum absolute atomic E-state index is 0.0810. The highest BCUT2D eigenvalue weighted by atomic mass is 16.5. The average Bonchev–Trinajstić information content (AvgIpc) is 3.01. The molecule has 4 rings (SSSR count). The molecule has 11 heteroatoms. The zero-order valence-corrected chi connectivity index (χ0v) is 18.8. The predicted octanol–water partition coefficient (Wildman–Crippen LogP) is 1.28. The van der Waals surface area contributed by atoms with E-state index in [1.807, 2.05) is 18.9 Å². The molecule has 4 heterocycles. The minimum atomic E-state index is -1.00. The number of hydrogen-bond donors (Lipinski definition) is 2. The van der Waals surface area contributed by atoms with Gasteiger partial charge >= 0.3 is 5.97 Å². The first-order chi connectivity index (χ1) is 15.0. The number of rotatable bonds is 2. The van der Waals surface area contributed by atoms with Crippen molar-refractivity contribution in [2.24, 2.45) is 7.05 Å². The third kappa shape index (κ3) is 4.67. The number of carbonyl (C=O) groups excluding carboxylic acids is 1. The van der Waals surface area contributed by atoms with Crippen LogP contribution in [0.3, 0.4) is 0 Å². The first-order valence-corrected chi connectivity index (χ1v) is 10.4. The first-order valence-electron chi connectivity index (χ1n) is 10.4. The zero-order valence-electron chi connectivity index (χ0n) is 18.8. The fourth-order valence-corrected chi connectivity index (χ4v) is 4.45. The molecule has 2 saturated heterocycles. The topological polar surface area (TPSA) is 138 Å². The molecule has 0 radical (unpaired) electrons. The molecule has 32 heavy (non-hydrogen) atoms. The number of morpholine rings is 1. The fraction of sp³-hybridized carbons (Fsp3) is 0.571. The molecule has 0 unspecified atom stereocenters. The summed E-state index contributed by atoms with van der Waals surface area (Å²) in [6.45, 7) is 7.57. The van der Waals surface area contributed by atoms with Crippen LogP contribution in [0.25, 0.3) is 11.0 Å². The lowest BCUT2D eigenvalue weighted by molar-refractivity contribution is -0.137. The van der Waals surface area contributed by atoms with Gasteiger partial charge in [-0.15, -0.1) is 0 Å². The number of carboxylic acid groups (broad SMARTS) is 2. The van der Waals surface area contributed by atoms with Crippen LogP contribution in [0, 0.1) is 6.92 Å². The van der Waals surface area contributed by atoms with Crippen LogP contribution in [0.5, 0.6) is 0 Å². The highest BCUT2D eigenvalue weighted by Gasteiger charge is 2.41. The average molecular weight is 447 g/mol. The number of hydrogen-bond acceptors (Lipinski definition) is 7. The maximum Gasteiger partial charge on any atom is 0.339 e. The standard InChI is InChI=1S/C19H25N5O4.C2H4O2/c1-12-15-16(14(18(26)27)10-20-17(15)22(3)21-12)24-8-9-28-19(11-24)4-6-23(7-5-19)13(2)25;1-2(3)4/h10H,4-9,11H2,1-3H3,(H,26,27);1H3,(H,3,4). The number of aromatic carboxylic acids is 1. The lowest BCUT2D eigenvalue weighted by Crippen LogP contribution is -2.57. The molecule has 0 aliphatic carbocycles. The molecule has 2 N–H and O–H groups in total. The van der Waals surface area contributed by atoms with Gasteiger partial charge in [-0.1, -0.05) is 0 Å². The highest BCUT2D eigenvalue weighted by molar-refractivity contribution is 6.04. The van der Waals surface area contributed by atoms with Gasteiger partial charge in [-0.2, -0.15) is 5.10 Å². The van der Waals surface area contributed by atoms with Gasteiger partial charge in [0.15, 0.2) is 5.65 Å². The van der Waals surface area contributed by atoms with Crippen LogP contribution in [-0.4, -0.2) is 86.1 Å². The molecular formula is C21H29N5O6. The molecule has 0 aromatic carbocycles. The van der Waals surface area contributed by atoms with E-state index in [9.17, 15) is 14.7 Å². The van der Waals surface area contributed by atoms with Gasteiger partial charge in [-0.25, -0.2) is 9.78 Å². The Morgan fingerprint density at radius 2 is 1.75 bits per heavy atom. The maximum atomic E-state index is 11.9. The van der Waals surface area contributed by atoms with Crippen LogP contribution in [-0.2, 0) is 21.4 Å². The molecule has 1 spiro atoms. The van der Waals surface area contributed by atoms with Crippen molar-refractivity contribution in [3.63, 3.8) is 0 Å². The van der Waals surface area contributed by atoms with Crippen molar-refractivity contribution in [1.82, 2.24) is 19.7 Å². The molecule has 2 fully saturated rings. The molecule has 0 saturated carbocycles. The summed E-state index contributed by atoms with van der Waals surface area (Å²) in [7, 11) is 1.81. The van der Waals surface area contributed by atoms with Gasteiger partial charge in [0.05, 0.1) is 29.0 Å². The van der Waals surface area contributed by atoms with E-state index in [0.717, 1.165) is 30.8 Å². The normalized spacial score (nSPS) is 17.8. The third-order valence-corrected chi connectivity index (χ3v) is 5.91. The number of anilines is 1. The van der Waals surface area contributed by atoms with Gasteiger partial charge in [-0.05, 0) is 19.8 Å². The van der Waals surface area contributed by atoms with Gasteiger partial charge in [0.1, 0.15) is 5.56 Å². The Hall–Kier alpha value is -3.21. The van der Waals surface area contributed by atoms with Crippen molar-refractivity contribution < 1.29 is 29.3 Å². The summed E-state index contributed by atoms with van der Waals surface area (Å²) in [5.41, 5.74) is 1.91. The number of carboxylic acids is 2. The highest BCUT2D eigenvalue weighted by Crippen LogP contribution is 2.37. The summed E-state index contributed by atoms with van der Waals surface area (Å²) in [4.78, 5) is 40.9. The second-order valence-corrected chi connectivity index (χ2v) is 8.21. The van der Waals surface area contributed by atoms with Gasteiger partial charge < -0.3 is 24.7 Å². The van der Waals surface area contributed by atoms with Gasteiger partial charge in [0.25, 0.3) is 5.97 Å². The molecular weight excluding hydrogens is 418 g/mol. The SMILES string of the molecule is CC(=O)N1CCC2(CC1)CN(c1c(C(=O)O)cnc3c1c(C)nn3C)CCO2.CC(=O)O. The lowest BCUT2D eigenvalue weighted by atomic mass is 9.88. The molecule has 1 amide bonds. The van der Waals surface area contributed by atoms with E-state index >= 15 is 0 Å². The maximum absolute atomic E-state index is 11.9. The van der Waals surface area contributed by atoms with E-state index in [0.29, 0.717) is 44.1 Å². The Balaban J connectivity index is 0.000000668. The van der Waals surface area contributed by atoms with Crippen LogP contribution in [0.4, 0.5) is 5.69 Å². The molecule has 2 aromatic heterocycles. The van der Waals surface area contributed by atoms with Crippen LogP contribution in [0.2, 0.25) is 0 Å². The summed E-state index contributed by atoms with van der Waals surface area (Å²) < 4.78 is 7.85. The second-order valence-electron chi connectivity index (χ2n) is 8.21. The quantitative estimate of drug-likeness (QED) is 0.697. The number of likely N-dealkylation sites (tertiary alicyclic amines) is 1. The van der Waals surface area contributed by atoms with E-state index in [1.165, 1.54) is 6.20 Å². The number of piperidine rings is 1. The van der Waals surface area contributed by atoms with E-state index in [4.69, 9.17) is 14.6 Å². The Labute approximate surface area is 185 Å². The molecule has 2 aliphatic rings. The molecule has 174 valence electrons. The van der Waals surface area contributed by atoms with Crippen molar-refractivity contribution in [3.05, 3.63) is 17.5 Å². The Morgan fingerprint density at radius 1 is 1.12 bits per heavy atom. The van der Waals surface area contributed by atoms with Crippen LogP contribution in [0.1, 0.15) is 42.7 Å². The number of pyridine rings is 1. The van der Waals surface area contributed by atoms with E-state index in [1.54, 1.807) is 11.6 Å². The number of nitrogens with zero attached hydrogens (tertiary/aromatic N) is 5. The van der Waals surface area contributed by atoms with Gasteiger partial charge in [-0.3, -0.25) is 14.3 Å². The summed E-state index contributed by atoms with van der Waals surface area (Å²) >= 11 is 0. The first kappa shape index (κ1) is 23.5. The fourth-order valence-electron chi connectivity index (χ4n) is 4.45. The lowest BCUT2D eigenvalue weighted by Gasteiger charge is -2.48. The number of aryl methyl sites for hydroxylation is 2. The molecule has 2 aromatic rings.